The quantitative estimate of drug-likeness (QED) is 0.445. The summed E-state index contributed by atoms with van der Waals surface area (Å²) in [5, 5.41) is 2.94. The number of aromatic nitrogens is 2. The minimum atomic E-state index is -0.768. The van der Waals surface area contributed by atoms with Gasteiger partial charge in [-0.1, -0.05) is 38.1 Å². The Balaban J connectivity index is 1.82. The third-order valence-corrected chi connectivity index (χ3v) is 5.62. The second kappa shape index (κ2) is 11.4. The van der Waals surface area contributed by atoms with Crippen LogP contribution in [-0.4, -0.2) is 41.8 Å². The zero-order chi connectivity index (χ0) is 24.7. The van der Waals surface area contributed by atoms with Crippen LogP contribution in [-0.2, 0) is 22.5 Å². The van der Waals surface area contributed by atoms with Crippen molar-refractivity contribution in [3.8, 4) is 11.3 Å². The van der Waals surface area contributed by atoms with Gasteiger partial charge in [-0.25, -0.2) is 13.8 Å². The van der Waals surface area contributed by atoms with Gasteiger partial charge in [0, 0.05) is 44.4 Å². The molecule has 1 aromatic heterocycles. The SMILES string of the molecule is COC[C@H](N)CCNC(=O)C(C)(C)Cc1nc(-c2cccc(F)c2)cn1Cc1cccc(F)c1. The van der Waals surface area contributed by atoms with Gasteiger partial charge in [0.2, 0.25) is 5.91 Å². The lowest BCUT2D eigenvalue weighted by atomic mass is 9.87. The molecule has 1 amide bonds. The van der Waals surface area contributed by atoms with Crippen molar-refractivity contribution >= 4 is 5.91 Å². The van der Waals surface area contributed by atoms with Crippen LogP contribution >= 0.6 is 0 Å². The summed E-state index contributed by atoms with van der Waals surface area (Å²) >= 11 is 0. The summed E-state index contributed by atoms with van der Waals surface area (Å²) < 4.78 is 34.5. The number of nitrogens with two attached hydrogens (primary N) is 1. The Kier molecular flexibility index (Phi) is 8.52. The molecular formula is C26H32F2N4O2. The van der Waals surface area contributed by atoms with E-state index in [9.17, 15) is 13.6 Å². The summed E-state index contributed by atoms with van der Waals surface area (Å²) in [6, 6.07) is 12.4. The fourth-order valence-corrected chi connectivity index (χ4v) is 3.73. The molecule has 3 rings (SSSR count). The van der Waals surface area contributed by atoms with Crippen LogP contribution in [0.15, 0.2) is 54.7 Å². The second-order valence-corrected chi connectivity index (χ2v) is 9.13. The van der Waals surface area contributed by atoms with Gasteiger partial charge in [-0.2, -0.15) is 0 Å². The molecule has 8 heteroatoms. The fourth-order valence-electron chi connectivity index (χ4n) is 3.73. The van der Waals surface area contributed by atoms with Crippen molar-refractivity contribution in [3.05, 3.63) is 77.8 Å². The van der Waals surface area contributed by atoms with E-state index in [0.717, 1.165) is 5.56 Å². The molecule has 0 aliphatic heterocycles. The molecule has 0 bridgehead atoms. The van der Waals surface area contributed by atoms with E-state index in [4.69, 9.17) is 15.5 Å². The molecule has 1 heterocycles. The first-order chi connectivity index (χ1) is 16.2. The Hall–Kier alpha value is -3.10. The van der Waals surface area contributed by atoms with E-state index >= 15 is 0 Å². The molecule has 0 aliphatic rings. The predicted octanol–water partition coefficient (Wildman–Crippen LogP) is 3.93. The molecule has 0 radical (unpaired) electrons. The van der Waals surface area contributed by atoms with Crippen LogP contribution in [0.2, 0.25) is 0 Å². The van der Waals surface area contributed by atoms with Crippen molar-refractivity contribution < 1.29 is 18.3 Å². The molecule has 34 heavy (non-hydrogen) atoms. The number of benzene rings is 2. The van der Waals surface area contributed by atoms with Crippen LogP contribution in [0.25, 0.3) is 11.3 Å². The van der Waals surface area contributed by atoms with Gasteiger partial charge in [0.15, 0.2) is 0 Å². The number of ether oxygens (including phenoxy) is 1. The van der Waals surface area contributed by atoms with Gasteiger partial charge < -0.3 is 20.4 Å². The van der Waals surface area contributed by atoms with Crippen molar-refractivity contribution in [2.75, 3.05) is 20.3 Å². The van der Waals surface area contributed by atoms with Crippen LogP contribution in [0.3, 0.4) is 0 Å². The lowest BCUT2D eigenvalue weighted by Gasteiger charge is -2.24. The Morgan fingerprint density at radius 3 is 2.56 bits per heavy atom. The molecule has 0 unspecified atom stereocenters. The number of carbonyl (C=O) groups is 1. The zero-order valence-electron chi connectivity index (χ0n) is 19.9. The molecule has 0 saturated carbocycles. The molecule has 1 atom stereocenters. The summed E-state index contributed by atoms with van der Waals surface area (Å²) in [5.74, 6) is -0.148. The van der Waals surface area contributed by atoms with E-state index in [-0.39, 0.29) is 23.6 Å². The highest BCUT2D eigenvalue weighted by atomic mass is 19.1. The fraction of sp³-hybridized carbons (Fsp3) is 0.385. The van der Waals surface area contributed by atoms with Crippen LogP contribution < -0.4 is 11.1 Å². The summed E-state index contributed by atoms with van der Waals surface area (Å²) in [4.78, 5) is 17.7. The van der Waals surface area contributed by atoms with Crippen molar-refractivity contribution in [3.63, 3.8) is 0 Å². The summed E-state index contributed by atoms with van der Waals surface area (Å²) in [5.41, 5.74) is 7.15. The van der Waals surface area contributed by atoms with Crippen molar-refractivity contribution in [1.82, 2.24) is 14.9 Å². The second-order valence-electron chi connectivity index (χ2n) is 9.13. The van der Waals surface area contributed by atoms with E-state index in [1.54, 1.807) is 25.3 Å². The maximum atomic E-state index is 13.8. The minimum absolute atomic E-state index is 0.121. The molecule has 2 aromatic carbocycles. The molecule has 0 fully saturated rings. The predicted molar refractivity (Wildman–Crippen MR) is 128 cm³/mol. The van der Waals surface area contributed by atoms with Crippen molar-refractivity contribution in [2.24, 2.45) is 11.1 Å². The zero-order valence-corrected chi connectivity index (χ0v) is 19.9. The number of hydrogen-bond acceptors (Lipinski definition) is 4. The molecule has 0 spiro atoms. The summed E-state index contributed by atoms with van der Waals surface area (Å²) in [7, 11) is 1.59. The number of methoxy groups -OCH3 is 1. The van der Waals surface area contributed by atoms with Gasteiger partial charge in [-0.05, 0) is 36.2 Å². The number of carbonyl (C=O) groups excluding carboxylic acids is 1. The Morgan fingerprint density at radius 2 is 1.88 bits per heavy atom. The number of hydrogen-bond donors (Lipinski definition) is 2. The maximum Gasteiger partial charge on any atom is 0.226 e. The lowest BCUT2D eigenvalue weighted by Crippen LogP contribution is -2.41. The number of amides is 1. The van der Waals surface area contributed by atoms with E-state index in [1.165, 1.54) is 24.3 Å². The third kappa shape index (κ3) is 6.95. The summed E-state index contributed by atoms with van der Waals surface area (Å²) in [6.45, 7) is 4.94. The van der Waals surface area contributed by atoms with Gasteiger partial charge in [0.1, 0.15) is 17.5 Å². The molecule has 0 aliphatic carbocycles. The van der Waals surface area contributed by atoms with Crippen molar-refractivity contribution in [2.45, 2.75) is 39.3 Å². The van der Waals surface area contributed by atoms with Gasteiger partial charge in [0.05, 0.1) is 17.7 Å². The molecule has 6 nitrogen and oxygen atoms in total. The molecular weight excluding hydrogens is 438 g/mol. The first-order valence-corrected chi connectivity index (χ1v) is 11.3. The van der Waals surface area contributed by atoms with Gasteiger partial charge >= 0.3 is 0 Å². The van der Waals surface area contributed by atoms with E-state index < -0.39 is 5.41 Å². The number of rotatable bonds is 11. The van der Waals surface area contributed by atoms with Crippen LogP contribution in [0.4, 0.5) is 8.78 Å². The number of nitrogens with one attached hydrogen (secondary N) is 1. The third-order valence-electron chi connectivity index (χ3n) is 5.62. The van der Waals surface area contributed by atoms with Gasteiger partial charge in [0.25, 0.3) is 0 Å². The van der Waals surface area contributed by atoms with Gasteiger partial charge in [-0.15, -0.1) is 0 Å². The number of halogens is 2. The largest absolute Gasteiger partial charge is 0.383 e. The first-order valence-electron chi connectivity index (χ1n) is 11.3. The number of nitrogens with zero attached hydrogens (tertiary/aromatic N) is 2. The highest BCUT2D eigenvalue weighted by molar-refractivity contribution is 5.82. The Labute approximate surface area is 199 Å². The van der Waals surface area contributed by atoms with Crippen LogP contribution in [0.1, 0.15) is 31.7 Å². The standard InChI is InChI=1S/C26H32F2N4O2/c1-26(2,25(33)30-11-10-22(29)17-34-3)14-24-31-23(19-7-5-9-21(28)13-19)16-32(24)15-18-6-4-8-20(27)12-18/h4-9,12-13,16,22H,10-11,14-15,17,29H2,1-3H3,(H,30,33)/t22-/m1/s1. The minimum Gasteiger partial charge on any atom is -0.383 e. The average Bonchev–Trinajstić information content (AvgIpc) is 3.15. The van der Waals surface area contributed by atoms with E-state index in [1.807, 2.05) is 30.7 Å². The smallest absolute Gasteiger partial charge is 0.226 e. The lowest BCUT2D eigenvalue weighted by molar-refractivity contribution is -0.129. The Bertz CT molecular complexity index is 1110. The Morgan fingerprint density at radius 1 is 1.18 bits per heavy atom. The molecule has 0 saturated heterocycles. The first kappa shape index (κ1) is 25.5. The normalized spacial score (nSPS) is 12.5. The maximum absolute atomic E-state index is 13.8. The molecule has 182 valence electrons. The molecule has 3 N–H and O–H groups in total. The summed E-state index contributed by atoms with van der Waals surface area (Å²) in [6.07, 6.45) is 2.76. The van der Waals surface area contributed by atoms with E-state index in [2.05, 4.69) is 5.32 Å². The highest BCUT2D eigenvalue weighted by Gasteiger charge is 2.30. The van der Waals surface area contributed by atoms with E-state index in [0.29, 0.717) is 49.6 Å². The van der Waals surface area contributed by atoms with Crippen LogP contribution in [0, 0.1) is 17.0 Å². The van der Waals surface area contributed by atoms with Crippen LogP contribution in [0.5, 0.6) is 0 Å². The number of imidazole rings is 1. The van der Waals surface area contributed by atoms with Gasteiger partial charge in [-0.3, -0.25) is 4.79 Å². The average molecular weight is 471 g/mol. The topological polar surface area (TPSA) is 82.2 Å². The monoisotopic (exact) mass is 470 g/mol. The molecule has 3 aromatic rings. The van der Waals surface area contributed by atoms with Crippen molar-refractivity contribution in [1.29, 1.82) is 0 Å². The highest BCUT2D eigenvalue weighted by Crippen LogP contribution is 2.26.